The molecule has 2 heterocycles. The van der Waals surface area contributed by atoms with Crippen LogP contribution in [0.4, 0.5) is 0 Å². The Balaban J connectivity index is 1.93. The monoisotopic (exact) mass is 178 g/mol. The van der Waals surface area contributed by atoms with E-state index in [1.54, 1.807) is 12.7 Å². The lowest BCUT2D eigenvalue weighted by atomic mass is 10.1. The minimum Gasteiger partial charge on any atom is -0.306 e. The van der Waals surface area contributed by atoms with Crippen LogP contribution in [0, 0.1) is 0 Å². The smallest absolute Gasteiger partial charge is 0.120 e. The molecule has 0 fully saturated rings. The standard InChI is InChI=1S/C9H14N4/c1-9-3-2-4-12(5-9)8-13-6-10-11-7-13/h3,6-7H,2,4-5,8H2,1H3. The van der Waals surface area contributed by atoms with Crippen molar-refractivity contribution >= 4 is 0 Å². The third kappa shape index (κ3) is 2.15. The Morgan fingerprint density at radius 3 is 2.85 bits per heavy atom. The maximum Gasteiger partial charge on any atom is 0.120 e. The summed E-state index contributed by atoms with van der Waals surface area (Å²) in [5.41, 5.74) is 1.46. The molecule has 0 saturated heterocycles. The van der Waals surface area contributed by atoms with Gasteiger partial charge in [0, 0.05) is 13.1 Å². The number of hydrogen-bond acceptors (Lipinski definition) is 3. The number of aromatic nitrogens is 3. The van der Waals surface area contributed by atoms with Crippen LogP contribution in [-0.2, 0) is 6.67 Å². The van der Waals surface area contributed by atoms with Gasteiger partial charge < -0.3 is 4.57 Å². The fraction of sp³-hybridized carbons (Fsp3) is 0.556. The molecule has 0 spiro atoms. The highest BCUT2D eigenvalue weighted by atomic mass is 15.3. The molecule has 2 rings (SSSR count). The van der Waals surface area contributed by atoms with Gasteiger partial charge in [-0.3, -0.25) is 4.90 Å². The fourth-order valence-electron chi connectivity index (χ4n) is 1.64. The first-order valence-electron chi connectivity index (χ1n) is 4.55. The molecule has 0 radical (unpaired) electrons. The van der Waals surface area contributed by atoms with Crippen LogP contribution < -0.4 is 0 Å². The molecule has 4 heteroatoms. The van der Waals surface area contributed by atoms with Gasteiger partial charge in [0.25, 0.3) is 0 Å². The molecule has 1 aromatic rings. The molecule has 0 saturated carbocycles. The average Bonchev–Trinajstić information content (AvgIpc) is 2.57. The second-order valence-corrected chi connectivity index (χ2v) is 3.51. The van der Waals surface area contributed by atoms with Crippen molar-refractivity contribution in [1.82, 2.24) is 19.7 Å². The van der Waals surface area contributed by atoms with E-state index in [1.165, 1.54) is 5.57 Å². The maximum absolute atomic E-state index is 3.78. The minimum absolute atomic E-state index is 0.901. The van der Waals surface area contributed by atoms with Crippen molar-refractivity contribution in [2.75, 3.05) is 13.1 Å². The third-order valence-corrected chi connectivity index (χ3v) is 2.24. The molecule has 1 aliphatic heterocycles. The van der Waals surface area contributed by atoms with E-state index in [0.29, 0.717) is 0 Å². The van der Waals surface area contributed by atoms with E-state index in [9.17, 15) is 0 Å². The predicted molar refractivity (Wildman–Crippen MR) is 50.0 cm³/mol. The molecular weight excluding hydrogens is 164 g/mol. The van der Waals surface area contributed by atoms with Gasteiger partial charge in [0.2, 0.25) is 0 Å². The fourth-order valence-corrected chi connectivity index (χ4v) is 1.64. The van der Waals surface area contributed by atoms with E-state index in [2.05, 4.69) is 28.1 Å². The normalized spacial score (nSPS) is 18.7. The molecule has 0 aromatic carbocycles. The van der Waals surface area contributed by atoms with Crippen LogP contribution in [0.5, 0.6) is 0 Å². The third-order valence-electron chi connectivity index (χ3n) is 2.24. The lowest BCUT2D eigenvalue weighted by Crippen LogP contribution is -2.31. The Morgan fingerprint density at radius 2 is 2.15 bits per heavy atom. The first-order chi connectivity index (χ1) is 6.34. The molecule has 13 heavy (non-hydrogen) atoms. The van der Waals surface area contributed by atoms with E-state index in [-0.39, 0.29) is 0 Å². The highest BCUT2D eigenvalue weighted by Gasteiger charge is 2.09. The van der Waals surface area contributed by atoms with E-state index in [1.807, 2.05) is 4.57 Å². The van der Waals surface area contributed by atoms with E-state index < -0.39 is 0 Å². The Labute approximate surface area is 77.9 Å². The van der Waals surface area contributed by atoms with Crippen molar-refractivity contribution in [3.63, 3.8) is 0 Å². The highest BCUT2D eigenvalue weighted by molar-refractivity contribution is 5.03. The lowest BCUT2D eigenvalue weighted by molar-refractivity contribution is 0.231. The zero-order chi connectivity index (χ0) is 9.10. The molecule has 0 amide bonds. The Morgan fingerprint density at radius 1 is 1.38 bits per heavy atom. The summed E-state index contributed by atoms with van der Waals surface area (Å²) in [6, 6.07) is 0. The average molecular weight is 178 g/mol. The number of hydrogen-bond donors (Lipinski definition) is 0. The van der Waals surface area contributed by atoms with Crippen LogP contribution in [0.1, 0.15) is 13.3 Å². The lowest BCUT2D eigenvalue weighted by Gasteiger charge is -2.25. The molecule has 0 N–H and O–H groups in total. The first-order valence-corrected chi connectivity index (χ1v) is 4.55. The number of rotatable bonds is 2. The Kier molecular flexibility index (Phi) is 2.40. The SMILES string of the molecule is CC1=CCCN(Cn2cnnc2)C1. The molecule has 0 atom stereocenters. The molecule has 0 aliphatic carbocycles. The van der Waals surface area contributed by atoms with Crippen molar-refractivity contribution in [2.24, 2.45) is 0 Å². The van der Waals surface area contributed by atoms with Crippen molar-refractivity contribution in [3.8, 4) is 0 Å². The van der Waals surface area contributed by atoms with Crippen molar-refractivity contribution in [2.45, 2.75) is 20.0 Å². The minimum atomic E-state index is 0.901. The molecule has 0 bridgehead atoms. The van der Waals surface area contributed by atoms with E-state index in [4.69, 9.17) is 0 Å². The van der Waals surface area contributed by atoms with Gasteiger partial charge in [0.15, 0.2) is 0 Å². The highest BCUT2D eigenvalue weighted by Crippen LogP contribution is 2.08. The number of nitrogens with zero attached hydrogens (tertiary/aromatic N) is 4. The first kappa shape index (κ1) is 8.44. The van der Waals surface area contributed by atoms with Crippen molar-refractivity contribution in [1.29, 1.82) is 0 Å². The molecule has 1 aliphatic rings. The van der Waals surface area contributed by atoms with E-state index >= 15 is 0 Å². The largest absolute Gasteiger partial charge is 0.306 e. The zero-order valence-electron chi connectivity index (χ0n) is 7.85. The zero-order valence-corrected chi connectivity index (χ0v) is 7.85. The van der Waals surface area contributed by atoms with Gasteiger partial charge in [-0.25, -0.2) is 0 Å². The molecule has 4 nitrogen and oxygen atoms in total. The Bertz CT molecular complexity index is 289. The van der Waals surface area contributed by atoms with Gasteiger partial charge in [-0.05, 0) is 13.3 Å². The maximum atomic E-state index is 3.78. The van der Waals surface area contributed by atoms with Crippen LogP contribution in [0.15, 0.2) is 24.3 Å². The van der Waals surface area contributed by atoms with E-state index in [0.717, 1.165) is 26.2 Å². The summed E-state index contributed by atoms with van der Waals surface area (Å²) in [5.74, 6) is 0. The molecule has 0 unspecified atom stereocenters. The summed E-state index contributed by atoms with van der Waals surface area (Å²) >= 11 is 0. The van der Waals surface area contributed by atoms with Gasteiger partial charge >= 0.3 is 0 Å². The predicted octanol–water partition coefficient (Wildman–Crippen LogP) is 0.888. The van der Waals surface area contributed by atoms with Gasteiger partial charge in [-0.15, -0.1) is 10.2 Å². The topological polar surface area (TPSA) is 34.0 Å². The quantitative estimate of drug-likeness (QED) is 0.631. The van der Waals surface area contributed by atoms with Gasteiger partial charge in [-0.2, -0.15) is 0 Å². The summed E-state index contributed by atoms with van der Waals surface area (Å²) in [4.78, 5) is 2.39. The van der Waals surface area contributed by atoms with Crippen LogP contribution in [-0.4, -0.2) is 32.8 Å². The van der Waals surface area contributed by atoms with Gasteiger partial charge in [0.1, 0.15) is 12.7 Å². The van der Waals surface area contributed by atoms with Crippen molar-refractivity contribution in [3.05, 3.63) is 24.3 Å². The van der Waals surface area contributed by atoms with Gasteiger partial charge in [-0.1, -0.05) is 11.6 Å². The molecular formula is C9H14N4. The van der Waals surface area contributed by atoms with Crippen LogP contribution in [0.3, 0.4) is 0 Å². The summed E-state index contributed by atoms with van der Waals surface area (Å²) < 4.78 is 2.00. The summed E-state index contributed by atoms with van der Waals surface area (Å²) in [6.45, 7) is 5.28. The summed E-state index contributed by atoms with van der Waals surface area (Å²) in [6.07, 6.45) is 6.98. The van der Waals surface area contributed by atoms with Gasteiger partial charge in [0.05, 0.1) is 6.67 Å². The summed E-state index contributed by atoms with van der Waals surface area (Å²) in [7, 11) is 0. The van der Waals surface area contributed by atoms with Crippen LogP contribution in [0.25, 0.3) is 0 Å². The second-order valence-electron chi connectivity index (χ2n) is 3.51. The van der Waals surface area contributed by atoms with Crippen molar-refractivity contribution < 1.29 is 0 Å². The van der Waals surface area contributed by atoms with Crippen LogP contribution in [0.2, 0.25) is 0 Å². The molecule has 1 aromatic heterocycles. The van der Waals surface area contributed by atoms with Crippen LogP contribution >= 0.6 is 0 Å². The Hall–Kier alpha value is -1.16. The summed E-state index contributed by atoms with van der Waals surface area (Å²) in [5, 5.41) is 7.56. The second kappa shape index (κ2) is 3.70. The molecule has 70 valence electrons.